The van der Waals surface area contributed by atoms with Gasteiger partial charge >= 0.3 is 0 Å². The minimum atomic E-state index is -0.356. The number of nitrogens with one attached hydrogen (secondary N) is 1. The Hall–Kier alpha value is -2.57. The summed E-state index contributed by atoms with van der Waals surface area (Å²) in [5.74, 6) is -0.577. The third kappa shape index (κ3) is 4.64. The van der Waals surface area contributed by atoms with E-state index in [1.165, 1.54) is 0 Å². The highest BCUT2D eigenvalue weighted by Gasteiger charge is 2.34. The summed E-state index contributed by atoms with van der Waals surface area (Å²) < 4.78 is 0. The molecule has 2 aromatic rings. The fraction of sp³-hybridized carbons (Fsp3) is 0.190. The Morgan fingerprint density at radius 3 is 2.54 bits per heavy atom. The van der Waals surface area contributed by atoms with E-state index in [9.17, 15) is 14.4 Å². The van der Waals surface area contributed by atoms with Crippen molar-refractivity contribution in [2.45, 2.75) is 13.8 Å². The van der Waals surface area contributed by atoms with E-state index in [4.69, 9.17) is 11.6 Å². The molecule has 0 bridgehead atoms. The number of amides is 3. The molecule has 1 saturated heterocycles. The van der Waals surface area contributed by atoms with Crippen molar-refractivity contribution in [1.82, 2.24) is 10.2 Å². The lowest BCUT2D eigenvalue weighted by molar-refractivity contribution is -0.122. The van der Waals surface area contributed by atoms with Crippen LogP contribution in [0.1, 0.15) is 27.0 Å². The van der Waals surface area contributed by atoms with Crippen LogP contribution in [0.4, 0.5) is 4.79 Å². The van der Waals surface area contributed by atoms with E-state index in [1.54, 1.807) is 36.4 Å². The van der Waals surface area contributed by atoms with Crippen molar-refractivity contribution < 1.29 is 14.4 Å². The third-order valence-corrected chi connectivity index (χ3v) is 5.45. The highest BCUT2D eigenvalue weighted by atomic mass is 35.5. The number of nitrogens with zero attached hydrogens (tertiary/aromatic N) is 1. The first-order valence-corrected chi connectivity index (χ1v) is 9.91. The summed E-state index contributed by atoms with van der Waals surface area (Å²) in [6.45, 7) is 4.16. The molecular weight excluding hydrogens is 396 g/mol. The molecule has 28 heavy (non-hydrogen) atoms. The molecule has 0 aliphatic carbocycles. The van der Waals surface area contributed by atoms with Crippen LogP contribution in [0.5, 0.6) is 0 Å². The lowest BCUT2D eigenvalue weighted by Crippen LogP contribution is -2.37. The molecule has 0 spiro atoms. The molecule has 1 N–H and O–H groups in total. The number of aryl methyl sites for hydroxylation is 2. The first-order valence-electron chi connectivity index (χ1n) is 8.71. The summed E-state index contributed by atoms with van der Waals surface area (Å²) in [7, 11) is 0. The zero-order valence-corrected chi connectivity index (χ0v) is 17.1. The van der Waals surface area contributed by atoms with E-state index in [-0.39, 0.29) is 30.1 Å². The van der Waals surface area contributed by atoms with E-state index < -0.39 is 0 Å². The normalized spacial score (nSPS) is 15.4. The summed E-state index contributed by atoms with van der Waals surface area (Å²) in [5, 5.41) is 3.03. The minimum Gasteiger partial charge on any atom is -0.350 e. The van der Waals surface area contributed by atoms with Gasteiger partial charge in [-0.2, -0.15) is 0 Å². The van der Waals surface area contributed by atoms with Gasteiger partial charge in [-0.05, 0) is 61.0 Å². The SMILES string of the molecule is Cc1ccc(C(=O)NCCN2C(=O)S/C(=C/c3ccc(Cl)cc3)C2=O)c(C)c1. The van der Waals surface area contributed by atoms with E-state index in [0.717, 1.165) is 33.4 Å². The number of benzene rings is 2. The van der Waals surface area contributed by atoms with Gasteiger partial charge in [-0.3, -0.25) is 19.3 Å². The number of carbonyl (C=O) groups excluding carboxylic acids is 3. The molecule has 0 aromatic heterocycles. The van der Waals surface area contributed by atoms with E-state index in [2.05, 4.69) is 5.32 Å². The first kappa shape index (κ1) is 20.2. The molecule has 1 aliphatic rings. The van der Waals surface area contributed by atoms with Gasteiger partial charge in [0, 0.05) is 23.7 Å². The molecular formula is C21H19ClN2O3S. The van der Waals surface area contributed by atoms with Crippen LogP contribution >= 0.6 is 23.4 Å². The third-order valence-electron chi connectivity index (χ3n) is 4.29. The van der Waals surface area contributed by atoms with Gasteiger partial charge in [0.15, 0.2) is 0 Å². The molecule has 3 amide bonds. The molecule has 1 aliphatic heterocycles. The fourth-order valence-corrected chi connectivity index (χ4v) is 3.84. The Balaban J connectivity index is 1.60. The highest BCUT2D eigenvalue weighted by Crippen LogP contribution is 2.32. The van der Waals surface area contributed by atoms with E-state index in [0.29, 0.717) is 15.5 Å². The zero-order chi connectivity index (χ0) is 20.3. The van der Waals surface area contributed by atoms with Crippen LogP contribution in [-0.4, -0.2) is 35.0 Å². The number of halogens is 1. The van der Waals surface area contributed by atoms with Gasteiger partial charge in [0.05, 0.1) is 4.91 Å². The van der Waals surface area contributed by atoms with Crippen molar-refractivity contribution in [3.05, 3.63) is 74.6 Å². The molecule has 5 nitrogen and oxygen atoms in total. The van der Waals surface area contributed by atoms with Gasteiger partial charge in [-0.1, -0.05) is 41.4 Å². The summed E-state index contributed by atoms with van der Waals surface area (Å²) in [6, 6.07) is 12.6. The Kier molecular flexibility index (Phi) is 6.21. The number of hydrogen-bond acceptors (Lipinski definition) is 4. The van der Waals surface area contributed by atoms with Crippen LogP contribution in [-0.2, 0) is 4.79 Å². The fourth-order valence-electron chi connectivity index (χ4n) is 2.85. The Bertz CT molecular complexity index is 970. The lowest BCUT2D eigenvalue weighted by atomic mass is 10.1. The first-order chi connectivity index (χ1) is 13.3. The predicted molar refractivity (Wildman–Crippen MR) is 112 cm³/mol. The average molecular weight is 415 g/mol. The Morgan fingerprint density at radius 1 is 1.14 bits per heavy atom. The Labute approximate surface area is 172 Å². The highest BCUT2D eigenvalue weighted by molar-refractivity contribution is 8.18. The van der Waals surface area contributed by atoms with Crippen LogP contribution in [0.15, 0.2) is 47.4 Å². The van der Waals surface area contributed by atoms with Crippen molar-refractivity contribution >= 4 is 46.5 Å². The van der Waals surface area contributed by atoms with Crippen LogP contribution in [0.3, 0.4) is 0 Å². The van der Waals surface area contributed by atoms with Crippen LogP contribution < -0.4 is 5.32 Å². The van der Waals surface area contributed by atoms with Gasteiger partial charge in [0.1, 0.15) is 0 Å². The van der Waals surface area contributed by atoms with E-state index >= 15 is 0 Å². The topological polar surface area (TPSA) is 66.5 Å². The number of rotatable bonds is 5. The monoisotopic (exact) mass is 414 g/mol. The largest absolute Gasteiger partial charge is 0.350 e. The second kappa shape index (κ2) is 8.63. The second-order valence-electron chi connectivity index (χ2n) is 6.46. The molecule has 0 atom stereocenters. The summed E-state index contributed by atoms with van der Waals surface area (Å²) in [5.41, 5.74) is 3.34. The van der Waals surface area contributed by atoms with Gasteiger partial charge in [-0.25, -0.2) is 0 Å². The van der Waals surface area contributed by atoms with Gasteiger partial charge < -0.3 is 5.32 Å². The standard InChI is InChI=1S/C21H19ClN2O3S/c1-13-3-8-17(14(2)11-13)19(25)23-9-10-24-20(26)18(28-21(24)27)12-15-4-6-16(22)7-5-15/h3-8,11-12H,9-10H2,1-2H3,(H,23,25)/b18-12+. The second-order valence-corrected chi connectivity index (χ2v) is 7.89. The van der Waals surface area contributed by atoms with Crippen LogP contribution in [0.25, 0.3) is 6.08 Å². The molecule has 3 rings (SSSR count). The zero-order valence-electron chi connectivity index (χ0n) is 15.5. The van der Waals surface area contributed by atoms with Gasteiger partial charge in [0.25, 0.3) is 17.1 Å². The van der Waals surface area contributed by atoms with Crippen LogP contribution in [0, 0.1) is 13.8 Å². The maximum Gasteiger partial charge on any atom is 0.293 e. The maximum atomic E-state index is 12.5. The van der Waals surface area contributed by atoms with Crippen molar-refractivity contribution in [2.24, 2.45) is 0 Å². The number of imide groups is 1. The smallest absolute Gasteiger partial charge is 0.293 e. The van der Waals surface area contributed by atoms with Crippen molar-refractivity contribution in [1.29, 1.82) is 0 Å². The van der Waals surface area contributed by atoms with Gasteiger partial charge in [0.2, 0.25) is 0 Å². The van der Waals surface area contributed by atoms with Crippen LogP contribution in [0.2, 0.25) is 5.02 Å². The molecule has 1 fully saturated rings. The number of carbonyl (C=O) groups is 3. The maximum absolute atomic E-state index is 12.5. The molecule has 0 radical (unpaired) electrons. The molecule has 1 heterocycles. The molecule has 7 heteroatoms. The molecule has 0 unspecified atom stereocenters. The minimum absolute atomic E-state index is 0.124. The number of hydrogen-bond donors (Lipinski definition) is 1. The lowest BCUT2D eigenvalue weighted by Gasteiger charge is -2.13. The number of thioether (sulfide) groups is 1. The van der Waals surface area contributed by atoms with Crippen molar-refractivity contribution in [3.63, 3.8) is 0 Å². The summed E-state index contributed by atoms with van der Waals surface area (Å²) in [4.78, 5) is 38.5. The summed E-state index contributed by atoms with van der Waals surface area (Å²) in [6.07, 6.45) is 1.66. The van der Waals surface area contributed by atoms with Gasteiger partial charge in [-0.15, -0.1) is 0 Å². The quantitative estimate of drug-likeness (QED) is 0.735. The summed E-state index contributed by atoms with van der Waals surface area (Å²) >= 11 is 6.75. The molecule has 0 saturated carbocycles. The Morgan fingerprint density at radius 2 is 1.86 bits per heavy atom. The molecule has 2 aromatic carbocycles. The predicted octanol–water partition coefficient (Wildman–Crippen LogP) is 4.42. The average Bonchev–Trinajstić information content (AvgIpc) is 2.91. The van der Waals surface area contributed by atoms with Crippen molar-refractivity contribution in [3.8, 4) is 0 Å². The van der Waals surface area contributed by atoms with E-state index in [1.807, 2.05) is 26.0 Å². The molecule has 144 valence electrons. The van der Waals surface area contributed by atoms with Crippen molar-refractivity contribution in [2.75, 3.05) is 13.1 Å².